The molecule has 1 aliphatic rings. The van der Waals surface area contributed by atoms with E-state index in [1.54, 1.807) is 0 Å². The Morgan fingerprint density at radius 2 is 2.11 bits per heavy atom. The molecule has 0 saturated carbocycles. The van der Waals surface area contributed by atoms with E-state index in [0.29, 0.717) is 12.2 Å². The van der Waals surface area contributed by atoms with Gasteiger partial charge in [0.25, 0.3) is 0 Å². The molecule has 0 aliphatic heterocycles. The van der Waals surface area contributed by atoms with Crippen LogP contribution in [-0.2, 0) is 4.79 Å². The molecule has 0 heterocycles. The topological polar surface area (TPSA) is 17.1 Å². The normalized spacial score (nSPS) is 24.3. The molecule has 0 amide bonds. The number of ketones is 1. The van der Waals surface area contributed by atoms with Crippen molar-refractivity contribution in [3.63, 3.8) is 0 Å². The van der Waals surface area contributed by atoms with Gasteiger partial charge in [-0.25, -0.2) is 0 Å². The molecule has 0 spiro atoms. The van der Waals surface area contributed by atoms with Crippen molar-refractivity contribution < 1.29 is 4.79 Å². The van der Waals surface area contributed by atoms with Gasteiger partial charge in [0.1, 0.15) is 5.78 Å². The van der Waals surface area contributed by atoms with Crippen LogP contribution in [0.1, 0.15) is 27.2 Å². The van der Waals surface area contributed by atoms with Crippen molar-refractivity contribution in [3.8, 4) is 0 Å². The Hall–Kier alpha value is -0.590. The summed E-state index contributed by atoms with van der Waals surface area (Å²) in [5.41, 5.74) is 1.05. The molecule has 0 saturated heterocycles. The Morgan fingerprint density at radius 3 is 2.22 bits per heavy atom. The van der Waals surface area contributed by atoms with Crippen molar-refractivity contribution >= 4 is 5.78 Å². The first-order valence-electron chi connectivity index (χ1n) is 3.25. The van der Waals surface area contributed by atoms with E-state index in [4.69, 9.17) is 0 Å². The van der Waals surface area contributed by atoms with Gasteiger partial charge < -0.3 is 0 Å². The van der Waals surface area contributed by atoms with Crippen LogP contribution in [0.25, 0.3) is 0 Å². The van der Waals surface area contributed by atoms with Crippen molar-refractivity contribution in [3.05, 3.63) is 11.6 Å². The highest BCUT2D eigenvalue weighted by atomic mass is 16.1. The smallest absolute Gasteiger partial charge is 0.146 e. The molecule has 0 aromatic carbocycles. The van der Waals surface area contributed by atoms with Gasteiger partial charge in [-0.2, -0.15) is 0 Å². The Bertz CT molecular complexity index is 175. The van der Waals surface area contributed by atoms with E-state index in [-0.39, 0.29) is 5.41 Å². The zero-order valence-electron chi connectivity index (χ0n) is 6.19. The minimum atomic E-state index is -0.167. The van der Waals surface area contributed by atoms with Crippen LogP contribution in [0.3, 0.4) is 0 Å². The van der Waals surface area contributed by atoms with Gasteiger partial charge in [0, 0.05) is 11.8 Å². The molecule has 50 valence electrons. The van der Waals surface area contributed by atoms with Crippen LogP contribution < -0.4 is 0 Å². The predicted octanol–water partition coefficient (Wildman–Crippen LogP) is 1.93. The molecule has 1 rings (SSSR count). The summed E-state index contributed by atoms with van der Waals surface area (Å²) in [6, 6.07) is 0. The fourth-order valence-corrected chi connectivity index (χ4v) is 0.976. The molecular formula is C8H12O. The molecule has 0 aromatic rings. The summed E-state index contributed by atoms with van der Waals surface area (Å²) in [5, 5.41) is 0. The average Bonchev–Trinajstić information content (AvgIpc) is 1.96. The SMILES string of the molecule is CC1=CCC(=O)C1(C)C. The van der Waals surface area contributed by atoms with Crippen molar-refractivity contribution in [2.24, 2.45) is 5.41 Å². The Labute approximate surface area is 55.8 Å². The lowest BCUT2D eigenvalue weighted by molar-refractivity contribution is -0.123. The van der Waals surface area contributed by atoms with E-state index in [9.17, 15) is 4.79 Å². The van der Waals surface area contributed by atoms with Crippen LogP contribution in [0.4, 0.5) is 0 Å². The monoisotopic (exact) mass is 124 g/mol. The minimum absolute atomic E-state index is 0.167. The van der Waals surface area contributed by atoms with Crippen molar-refractivity contribution in [1.82, 2.24) is 0 Å². The van der Waals surface area contributed by atoms with Gasteiger partial charge >= 0.3 is 0 Å². The van der Waals surface area contributed by atoms with Gasteiger partial charge in [0.2, 0.25) is 0 Å². The van der Waals surface area contributed by atoms with Gasteiger partial charge in [0.05, 0.1) is 0 Å². The maximum atomic E-state index is 11.1. The Kier molecular flexibility index (Phi) is 1.23. The molecule has 0 radical (unpaired) electrons. The quantitative estimate of drug-likeness (QED) is 0.451. The molecule has 0 atom stereocenters. The van der Waals surface area contributed by atoms with Gasteiger partial charge in [-0.15, -0.1) is 0 Å². The van der Waals surface area contributed by atoms with E-state index >= 15 is 0 Å². The minimum Gasteiger partial charge on any atom is -0.298 e. The summed E-state index contributed by atoms with van der Waals surface area (Å²) in [4.78, 5) is 11.1. The van der Waals surface area contributed by atoms with Crippen molar-refractivity contribution in [2.75, 3.05) is 0 Å². The maximum Gasteiger partial charge on any atom is 0.146 e. The highest BCUT2D eigenvalue weighted by Gasteiger charge is 2.32. The van der Waals surface area contributed by atoms with E-state index in [1.165, 1.54) is 5.57 Å². The zero-order chi connectivity index (χ0) is 7.07. The fraction of sp³-hybridized carbons (Fsp3) is 0.625. The first-order chi connectivity index (χ1) is 4.05. The predicted molar refractivity (Wildman–Crippen MR) is 37.2 cm³/mol. The van der Waals surface area contributed by atoms with Crippen LogP contribution in [-0.4, -0.2) is 5.78 Å². The molecule has 0 fully saturated rings. The van der Waals surface area contributed by atoms with Crippen LogP contribution in [0.2, 0.25) is 0 Å². The second-order valence-corrected chi connectivity index (χ2v) is 3.14. The highest BCUT2D eigenvalue weighted by Crippen LogP contribution is 2.33. The number of allylic oxidation sites excluding steroid dienone is 2. The molecule has 0 N–H and O–H groups in total. The zero-order valence-corrected chi connectivity index (χ0v) is 6.19. The van der Waals surface area contributed by atoms with Crippen LogP contribution in [0.15, 0.2) is 11.6 Å². The van der Waals surface area contributed by atoms with E-state index < -0.39 is 0 Å². The van der Waals surface area contributed by atoms with Crippen molar-refractivity contribution in [2.45, 2.75) is 27.2 Å². The van der Waals surface area contributed by atoms with Gasteiger partial charge in [0.15, 0.2) is 0 Å². The maximum absolute atomic E-state index is 11.1. The van der Waals surface area contributed by atoms with Crippen LogP contribution in [0, 0.1) is 5.41 Å². The summed E-state index contributed by atoms with van der Waals surface area (Å²) < 4.78 is 0. The average molecular weight is 124 g/mol. The van der Waals surface area contributed by atoms with Crippen LogP contribution >= 0.6 is 0 Å². The summed E-state index contributed by atoms with van der Waals surface area (Å²) in [6.45, 7) is 5.98. The van der Waals surface area contributed by atoms with Gasteiger partial charge in [-0.1, -0.05) is 11.6 Å². The third-order valence-corrected chi connectivity index (χ3v) is 2.28. The molecule has 0 unspecified atom stereocenters. The molecule has 1 heteroatoms. The second kappa shape index (κ2) is 1.69. The molecule has 9 heavy (non-hydrogen) atoms. The molecule has 1 aliphatic carbocycles. The third-order valence-electron chi connectivity index (χ3n) is 2.28. The fourth-order valence-electron chi connectivity index (χ4n) is 0.976. The van der Waals surface area contributed by atoms with E-state index in [1.807, 2.05) is 26.8 Å². The first kappa shape index (κ1) is 6.53. The molecule has 0 aromatic heterocycles. The largest absolute Gasteiger partial charge is 0.298 e. The van der Waals surface area contributed by atoms with Crippen molar-refractivity contribution in [1.29, 1.82) is 0 Å². The number of carbonyl (C=O) groups is 1. The lowest BCUT2D eigenvalue weighted by Gasteiger charge is -2.16. The summed E-state index contributed by atoms with van der Waals surface area (Å²) in [5.74, 6) is 0.347. The molecule has 0 bridgehead atoms. The standard InChI is InChI=1S/C8H12O/c1-6-4-5-7(9)8(6,2)3/h4H,5H2,1-3H3. The highest BCUT2D eigenvalue weighted by molar-refractivity contribution is 5.91. The first-order valence-corrected chi connectivity index (χ1v) is 3.25. The number of rotatable bonds is 0. The van der Waals surface area contributed by atoms with E-state index in [2.05, 4.69) is 0 Å². The number of hydrogen-bond acceptors (Lipinski definition) is 1. The summed E-state index contributed by atoms with van der Waals surface area (Å²) in [6.07, 6.45) is 2.65. The lowest BCUT2D eigenvalue weighted by atomic mass is 9.86. The van der Waals surface area contributed by atoms with Gasteiger partial charge in [-0.05, 0) is 20.8 Å². The summed E-state index contributed by atoms with van der Waals surface area (Å²) >= 11 is 0. The molecule has 1 nitrogen and oxygen atoms in total. The van der Waals surface area contributed by atoms with E-state index in [0.717, 1.165) is 0 Å². The molecular weight excluding hydrogens is 112 g/mol. The number of Topliss-reactive ketones (excluding diaryl/α,β-unsaturated/α-hetero) is 1. The number of carbonyl (C=O) groups excluding carboxylic acids is 1. The van der Waals surface area contributed by atoms with Crippen LogP contribution in [0.5, 0.6) is 0 Å². The lowest BCUT2D eigenvalue weighted by Crippen LogP contribution is -2.19. The Balaban J connectivity index is 2.93. The third kappa shape index (κ3) is 0.805. The second-order valence-electron chi connectivity index (χ2n) is 3.14. The van der Waals surface area contributed by atoms with Gasteiger partial charge in [-0.3, -0.25) is 4.79 Å². The number of hydrogen-bond donors (Lipinski definition) is 0. The summed E-state index contributed by atoms with van der Waals surface area (Å²) in [7, 11) is 0. The Morgan fingerprint density at radius 1 is 1.56 bits per heavy atom.